The van der Waals surface area contributed by atoms with Gasteiger partial charge in [0.05, 0.1) is 11.0 Å². The molecule has 0 aliphatic carbocycles. The van der Waals surface area contributed by atoms with E-state index in [2.05, 4.69) is 15.5 Å². The first-order chi connectivity index (χ1) is 14.4. The molecule has 156 valence electrons. The summed E-state index contributed by atoms with van der Waals surface area (Å²) in [5, 5.41) is 11.9. The van der Waals surface area contributed by atoms with Crippen LogP contribution in [-0.2, 0) is 21.1 Å². The summed E-state index contributed by atoms with van der Waals surface area (Å²) >= 11 is 1.21. The number of rotatable bonds is 4. The number of carbonyl (C=O) groups is 1. The summed E-state index contributed by atoms with van der Waals surface area (Å²) in [4.78, 5) is 13.3. The molecule has 3 aromatic rings. The van der Waals surface area contributed by atoms with Crippen LogP contribution < -0.4 is 5.32 Å². The quantitative estimate of drug-likeness (QED) is 0.635. The fourth-order valence-electron chi connectivity index (χ4n) is 3.55. The van der Waals surface area contributed by atoms with Crippen LogP contribution in [0.5, 0.6) is 0 Å². The lowest BCUT2D eigenvalue weighted by atomic mass is 9.73. The maximum absolute atomic E-state index is 13.3. The predicted octanol–water partition coefficient (Wildman–Crippen LogP) is 4.91. The Hall–Kier alpha value is -2.78. The maximum Gasteiger partial charge on any atom is 0.416 e. The molecule has 1 N–H and O–H groups in total. The highest BCUT2D eigenvalue weighted by molar-refractivity contribution is 7.18. The highest BCUT2D eigenvalue weighted by Crippen LogP contribution is 2.39. The number of benzene rings is 2. The molecule has 30 heavy (non-hydrogen) atoms. The molecule has 2 heterocycles. The van der Waals surface area contributed by atoms with E-state index in [1.165, 1.54) is 17.4 Å². The SMILES string of the molecule is O=C(Nc1nnc(-c2ccccc2)s1)C1(c2cccc(C(F)(F)F)c2)CCOCC1. The first kappa shape index (κ1) is 20.5. The van der Waals surface area contributed by atoms with Gasteiger partial charge in [0.1, 0.15) is 5.01 Å². The summed E-state index contributed by atoms with van der Waals surface area (Å²) in [6.07, 6.45) is -3.92. The zero-order valence-electron chi connectivity index (χ0n) is 15.8. The minimum atomic E-state index is -4.48. The molecular weight excluding hydrogens is 415 g/mol. The first-order valence-electron chi connectivity index (χ1n) is 9.34. The standard InChI is InChI=1S/C21H18F3N3O2S/c22-21(23,24)16-8-4-7-15(13-16)20(9-11-29-12-10-20)18(28)25-19-27-26-17(30-19)14-5-2-1-3-6-14/h1-8,13H,9-12H2,(H,25,27,28). The normalized spacial score (nSPS) is 16.2. The van der Waals surface area contributed by atoms with E-state index in [9.17, 15) is 18.0 Å². The lowest BCUT2D eigenvalue weighted by molar-refractivity contribution is -0.138. The van der Waals surface area contributed by atoms with Crippen LogP contribution in [0.15, 0.2) is 54.6 Å². The van der Waals surface area contributed by atoms with E-state index in [-0.39, 0.29) is 26.1 Å². The number of anilines is 1. The Balaban J connectivity index is 1.63. The lowest BCUT2D eigenvalue weighted by Gasteiger charge is -2.36. The molecule has 0 atom stereocenters. The molecule has 1 aromatic heterocycles. The van der Waals surface area contributed by atoms with Gasteiger partial charge in [-0.25, -0.2) is 0 Å². The number of alkyl halides is 3. The fraction of sp³-hybridized carbons (Fsp3) is 0.286. The second kappa shape index (κ2) is 8.16. The highest BCUT2D eigenvalue weighted by Gasteiger charge is 2.43. The smallest absolute Gasteiger partial charge is 0.381 e. The number of hydrogen-bond donors (Lipinski definition) is 1. The third-order valence-electron chi connectivity index (χ3n) is 5.19. The summed E-state index contributed by atoms with van der Waals surface area (Å²) in [5.41, 5.74) is -0.709. The highest BCUT2D eigenvalue weighted by atomic mass is 32.1. The molecule has 1 amide bonds. The number of carbonyl (C=O) groups excluding carboxylic acids is 1. The van der Waals surface area contributed by atoms with Crippen LogP contribution in [0.4, 0.5) is 18.3 Å². The first-order valence-corrected chi connectivity index (χ1v) is 10.2. The summed E-state index contributed by atoms with van der Waals surface area (Å²) < 4.78 is 45.1. The minimum Gasteiger partial charge on any atom is -0.381 e. The van der Waals surface area contributed by atoms with E-state index in [1.807, 2.05) is 30.3 Å². The average Bonchev–Trinajstić information content (AvgIpc) is 3.23. The molecule has 1 fully saturated rings. The largest absolute Gasteiger partial charge is 0.416 e. The molecule has 0 radical (unpaired) electrons. The van der Waals surface area contributed by atoms with Crippen LogP contribution in [0.3, 0.4) is 0 Å². The van der Waals surface area contributed by atoms with Crippen molar-refractivity contribution in [2.45, 2.75) is 24.4 Å². The molecule has 1 aliphatic heterocycles. The van der Waals surface area contributed by atoms with Gasteiger partial charge in [-0.1, -0.05) is 59.9 Å². The van der Waals surface area contributed by atoms with Crippen molar-refractivity contribution in [3.05, 3.63) is 65.7 Å². The predicted molar refractivity (Wildman–Crippen MR) is 107 cm³/mol. The maximum atomic E-state index is 13.3. The van der Waals surface area contributed by atoms with Crippen LogP contribution in [0.2, 0.25) is 0 Å². The van der Waals surface area contributed by atoms with Crippen LogP contribution in [0.25, 0.3) is 10.6 Å². The Morgan fingerprint density at radius 1 is 1.03 bits per heavy atom. The van der Waals surface area contributed by atoms with E-state index in [0.717, 1.165) is 17.7 Å². The van der Waals surface area contributed by atoms with E-state index in [1.54, 1.807) is 6.07 Å². The molecule has 1 aliphatic rings. The van der Waals surface area contributed by atoms with Gasteiger partial charge in [-0.2, -0.15) is 13.2 Å². The number of halogens is 3. The number of nitrogens with one attached hydrogen (secondary N) is 1. The molecule has 0 saturated carbocycles. The van der Waals surface area contributed by atoms with Gasteiger partial charge in [-0.05, 0) is 24.5 Å². The van der Waals surface area contributed by atoms with Crippen molar-refractivity contribution in [1.82, 2.24) is 10.2 Å². The molecule has 9 heteroatoms. The van der Waals surface area contributed by atoms with Crippen molar-refractivity contribution in [2.24, 2.45) is 0 Å². The van der Waals surface area contributed by atoms with Gasteiger partial charge in [0.25, 0.3) is 0 Å². The van der Waals surface area contributed by atoms with Crippen LogP contribution in [0, 0.1) is 0 Å². The third kappa shape index (κ3) is 4.08. The van der Waals surface area contributed by atoms with Crippen molar-refractivity contribution >= 4 is 22.4 Å². The molecule has 0 bridgehead atoms. The van der Waals surface area contributed by atoms with Crippen LogP contribution in [0.1, 0.15) is 24.0 Å². The Labute approximate surface area is 174 Å². The van der Waals surface area contributed by atoms with Gasteiger partial charge in [0.15, 0.2) is 0 Å². The second-order valence-electron chi connectivity index (χ2n) is 7.01. The average molecular weight is 433 g/mol. The van der Waals surface area contributed by atoms with Gasteiger partial charge < -0.3 is 4.74 Å². The summed E-state index contributed by atoms with van der Waals surface area (Å²) in [6, 6.07) is 14.4. The monoisotopic (exact) mass is 433 g/mol. The topological polar surface area (TPSA) is 64.1 Å². The van der Waals surface area contributed by atoms with E-state index in [0.29, 0.717) is 15.7 Å². The van der Waals surface area contributed by atoms with Crippen molar-refractivity contribution in [3.63, 3.8) is 0 Å². The van der Waals surface area contributed by atoms with E-state index < -0.39 is 23.1 Å². The zero-order valence-corrected chi connectivity index (χ0v) is 16.6. The van der Waals surface area contributed by atoms with Gasteiger partial charge in [0.2, 0.25) is 11.0 Å². The summed E-state index contributed by atoms with van der Waals surface area (Å²) in [6.45, 7) is 0.574. The Bertz CT molecular complexity index is 1030. The lowest BCUT2D eigenvalue weighted by Crippen LogP contribution is -2.45. The molecule has 2 aromatic carbocycles. The number of ether oxygens (including phenoxy) is 1. The Kier molecular flexibility index (Phi) is 5.57. The summed E-state index contributed by atoms with van der Waals surface area (Å²) in [7, 11) is 0. The van der Waals surface area contributed by atoms with Crippen molar-refractivity contribution in [2.75, 3.05) is 18.5 Å². The van der Waals surface area contributed by atoms with Gasteiger partial charge in [0, 0.05) is 18.8 Å². The number of hydrogen-bond acceptors (Lipinski definition) is 5. The molecular formula is C21H18F3N3O2S. The van der Waals surface area contributed by atoms with E-state index in [4.69, 9.17) is 4.74 Å². The van der Waals surface area contributed by atoms with Crippen molar-refractivity contribution < 1.29 is 22.7 Å². The Morgan fingerprint density at radius 2 is 1.77 bits per heavy atom. The number of nitrogens with zero attached hydrogens (tertiary/aromatic N) is 2. The molecule has 1 saturated heterocycles. The zero-order chi connectivity index (χ0) is 21.2. The summed E-state index contributed by atoms with van der Waals surface area (Å²) in [5.74, 6) is -0.402. The third-order valence-corrected chi connectivity index (χ3v) is 6.08. The second-order valence-corrected chi connectivity index (χ2v) is 7.98. The van der Waals surface area contributed by atoms with Gasteiger partial charge in [-0.3, -0.25) is 10.1 Å². The van der Waals surface area contributed by atoms with Crippen molar-refractivity contribution in [3.8, 4) is 10.6 Å². The number of amides is 1. The van der Waals surface area contributed by atoms with Crippen molar-refractivity contribution in [1.29, 1.82) is 0 Å². The molecule has 4 rings (SSSR count). The number of aromatic nitrogens is 2. The fourth-order valence-corrected chi connectivity index (χ4v) is 4.29. The Morgan fingerprint density at radius 3 is 2.47 bits per heavy atom. The van der Waals surface area contributed by atoms with Gasteiger partial charge >= 0.3 is 6.18 Å². The van der Waals surface area contributed by atoms with Gasteiger partial charge in [-0.15, -0.1) is 10.2 Å². The van der Waals surface area contributed by atoms with Crippen LogP contribution in [-0.4, -0.2) is 29.3 Å². The molecule has 0 spiro atoms. The molecule has 5 nitrogen and oxygen atoms in total. The van der Waals surface area contributed by atoms with E-state index >= 15 is 0 Å². The van der Waals surface area contributed by atoms with Crippen LogP contribution >= 0.6 is 11.3 Å². The minimum absolute atomic E-state index is 0.282. The molecule has 0 unspecified atom stereocenters.